The summed E-state index contributed by atoms with van der Waals surface area (Å²) in [6.45, 7) is 2.03. The second-order valence-electron chi connectivity index (χ2n) is 10.0. The van der Waals surface area contributed by atoms with Crippen molar-refractivity contribution < 1.29 is 14.3 Å². The SMILES string of the molecule is CO[C@H]1CN(c2ccc(C#N)cn2)CC[C@H]1Nc1cc(Cc2ccc(N3CCCCC3=O)cn2)ncc1C(N)=O. The van der Waals surface area contributed by atoms with E-state index in [9.17, 15) is 9.59 Å². The number of nitrogens with one attached hydrogen (secondary N) is 1. The van der Waals surface area contributed by atoms with Gasteiger partial charge in [0.25, 0.3) is 5.91 Å². The van der Waals surface area contributed by atoms with Crippen molar-refractivity contribution in [2.75, 3.05) is 41.9 Å². The molecule has 40 heavy (non-hydrogen) atoms. The van der Waals surface area contributed by atoms with Gasteiger partial charge < -0.3 is 25.6 Å². The Balaban J connectivity index is 1.29. The van der Waals surface area contributed by atoms with Crippen molar-refractivity contribution in [3.8, 4) is 6.07 Å². The number of carbonyl (C=O) groups excluding carboxylic acids is 2. The lowest BCUT2D eigenvalue weighted by Gasteiger charge is -2.39. The van der Waals surface area contributed by atoms with Gasteiger partial charge in [-0.2, -0.15) is 5.26 Å². The van der Waals surface area contributed by atoms with Gasteiger partial charge in [0.15, 0.2) is 0 Å². The van der Waals surface area contributed by atoms with Crippen molar-refractivity contribution in [1.82, 2.24) is 15.0 Å². The molecule has 3 N–H and O–H groups in total. The maximum atomic E-state index is 12.2. The molecule has 2 fully saturated rings. The number of anilines is 3. The van der Waals surface area contributed by atoms with E-state index in [4.69, 9.17) is 15.7 Å². The number of nitriles is 1. The van der Waals surface area contributed by atoms with Crippen LogP contribution in [0.2, 0.25) is 0 Å². The number of carbonyl (C=O) groups is 2. The van der Waals surface area contributed by atoms with Gasteiger partial charge in [0, 0.05) is 63.4 Å². The minimum Gasteiger partial charge on any atom is -0.379 e. The normalized spacial score (nSPS) is 19.2. The van der Waals surface area contributed by atoms with E-state index >= 15 is 0 Å². The lowest BCUT2D eigenvalue weighted by atomic mass is 10.00. The zero-order valence-electron chi connectivity index (χ0n) is 22.4. The first-order chi connectivity index (χ1) is 19.4. The van der Waals surface area contributed by atoms with Crippen molar-refractivity contribution in [1.29, 1.82) is 5.26 Å². The van der Waals surface area contributed by atoms with E-state index in [2.05, 4.69) is 31.2 Å². The summed E-state index contributed by atoms with van der Waals surface area (Å²) in [4.78, 5) is 41.8. The fourth-order valence-electron chi connectivity index (χ4n) is 5.22. The number of nitrogens with two attached hydrogens (primary N) is 1. The molecule has 2 atom stereocenters. The Morgan fingerprint density at radius 3 is 2.65 bits per heavy atom. The van der Waals surface area contributed by atoms with E-state index in [0.717, 1.165) is 55.2 Å². The van der Waals surface area contributed by atoms with Crippen molar-refractivity contribution in [2.24, 2.45) is 5.73 Å². The molecule has 11 nitrogen and oxygen atoms in total. The molecule has 11 heteroatoms. The molecule has 3 aromatic heterocycles. The van der Waals surface area contributed by atoms with E-state index in [1.165, 1.54) is 6.20 Å². The Hall–Kier alpha value is -4.56. The number of primary amides is 1. The number of pyridine rings is 3. The number of aromatic nitrogens is 3. The molecular formula is C29H32N8O3. The van der Waals surface area contributed by atoms with Crippen LogP contribution in [0.3, 0.4) is 0 Å². The number of methoxy groups -OCH3 is 1. The predicted molar refractivity (Wildman–Crippen MR) is 150 cm³/mol. The number of hydrogen-bond acceptors (Lipinski definition) is 9. The molecule has 0 aliphatic carbocycles. The molecule has 0 saturated carbocycles. The summed E-state index contributed by atoms with van der Waals surface area (Å²) in [6, 6.07) is 11.3. The summed E-state index contributed by atoms with van der Waals surface area (Å²) in [5.41, 5.74) is 9.44. The zero-order valence-corrected chi connectivity index (χ0v) is 22.4. The molecular weight excluding hydrogens is 508 g/mol. The fraction of sp³-hybridized carbons (Fsp3) is 0.379. The van der Waals surface area contributed by atoms with Crippen LogP contribution in [0.15, 0.2) is 48.9 Å². The van der Waals surface area contributed by atoms with Gasteiger partial charge in [-0.1, -0.05) is 0 Å². The van der Waals surface area contributed by atoms with Crippen LogP contribution in [0.5, 0.6) is 0 Å². The highest BCUT2D eigenvalue weighted by Crippen LogP contribution is 2.26. The summed E-state index contributed by atoms with van der Waals surface area (Å²) in [5, 5.41) is 12.5. The van der Waals surface area contributed by atoms with Crippen LogP contribution in [0, 0.1) is 11.3 Å². The van der Waals surface area contributed by atoms with Crippen LogP contribution in [-0.2, 0) is 16.0 Å². The Bertz CT molecular complexity index is 1400. The Labute approximate surface area is 233 Å². The number of hydrogen-bond donors (Lipinski definition) is 2. The lowest BCUT2D eigenvalue weighted by molar-refractivity contribution is -0.119. The van der Waals surface area contributed by atoms with E-state index in [-0.39, 0.29) is 18.1 Å². The quantitative estimate of drug-likeness (QED) is 0.439. The van der Waals surface area contributed by atoms with Gasteiger partial charge in [0.1, 0.15) is 11.9 Å². The molecule has 2 aliphatic rings. The lowest BCUT2D eigenvalue weighted by Crippen LogP contribution is -2.51. The summed E-state index contributed by atoms with van der Waals surface area (Å²) in [7, 11) is 1.66. The minimum absolute atomic E-state index is 0.0764. The maximum Gasteiger partial charge on any atom is 0.252 e. The molecule has 5 heterocycles. The van der Waals surface area contributed by atoms with Gasteiger partial charge in [0.05, 0.1) is 40.8 Å². The number of rotatable bonds is 8. The topological polar surface area (TPSA) is 150 Å². The molecule has 0 radical (unpaired) electrons. The summed E-state index contributed by atoms with van der Waals surface area (Å²) in [6.07, 6.45) is 8.30. The molecule has 0 spiro atoms. The van der Waals surface area contributed by atoms with Gasteiger partial charge in [0.2, 0.25) is 5.91 Å². The standard InChI is InChI=1S/C29H32N8O3/c1-40-26-18-36(27-8-5-19(14-30)15-34-27)11-9-24(26)35-25-13-21(33-17-23(25)29(31)39)12-20-6-7-22(16-32-20)37-10-3-2-4-28(37)38/h5-8,13,15-17,24,26H,2-4,9-12,18H2,1H3,(H2,31,39)(H,33,35)/t24-,26+/m1/s1. The van der Waals surface area contributed by atoms with Crippen LogP contribution in [0.1, 0.15) is 53.0 Å². The van der Waals surface area contributed by atoms with E-state index < -0.39 is 5.91 Å². The number of piperidine rings is 2. The Morgan fingerprint density at radius 2 is 1.98 bits per heavy atom. The molecule has 0 unspecified atom stereocenters. The highest BCUT2D eigenvalue weighted by molar-refractivity contribution is 5.98. The summed E-state index contributed by atoms with van der Waals surface area (Å²) in [5.74, 6) is 0.351. The maximum absolute atomic E-state index is 12.2. The summed E-state index contributed by atoms with van der Waals surface area (Å²) >= 11 is 0. The first kappa shape index (κ1) is 27.0. The molecule has 0 aromatic carbocycles. The smallest absolute Gasteiger partial charge is 0.252 e. The molecule has 2 saturated heterocycles. The van der Waals surface area contributed by atoms with Gasteiger partial charge in [-0.25, -0.2) is 4.98 Å². The van der Waals surface area contributed by atoms with Gasteiger partial charge >= 0.3 is 0 Å². The van der Waals surface area contributed by atoms with E-state index in [1.807, 2.05) is 24.3 Å². The first-order valence-electron chi connectivity index (χ1n) is 13.4. The monoisotopic (exact) mass is 540 g/mol. The number of ether oxygens (including phenoxy) is 1. The Morgan fingerprint density at radius 1 is 1.12 bits per heavy atom. The third-order valence-electron chi connectivity index (χ3n) is 7.44. The van der Waals surface area contributed by atoms with Gasteiger partial charge in [-0.3, -0.25) is 19.6 Å². The highest BCUT2D eigenvalue weighted by Gasteiger charge is 2.31. The van der Waals surface area contributed by atoms with Crippen molar-refractivity contribution >= 4 is 29.0 Å². The minimum atomic E-state index is -0.566. The van der Waals surface area contributed by atoms with E-state index in [0.29, 0.717) is 36.2 Å². The molecule has 2 amide bonds. The number of amides is 2. The van der Waals surface area contributed by atoms with Crippen molar-refractivity contribution in [3.05, 3.63) is 71.4 Å². The zero-order chi connectivity index (χ0) is 28.1. The molecule has 2 aliphatic heterocycles. The second-order valence-corrected chi connectivity index (χ2v) is 10.0. The van der Waals surface area contributed by atoms with E-state index in [1.54, 1.807) is 30.5 Å². The third-order valence-corrected chi connectivity index (χ3v) is 7.44. The van der Waals surface area contributed by atoms with Crippen LogP contribution >= 0.6 is 0 Å². The average Bonchev–Trinajstić information content (AvgIpc) is 2.98. The largest absolute Gasteiger partial charge is 0.379 e. The third kappa shape index (κ3) is 6.02. The highest BCUT2D eigenvalue weighted by atomic mass is 16.5. The number of nitrogens with zero attached hydrogens (tertiary/aromatic N) is 6. The Kier molecular flexibility index (Phi) is 8.17. The predicted octanol–water partition coefficient (Wildman–Crippen LogP) is 2.66. The van der Waals surface area contributed by atoms with Crippen molar-refractivity contribution in [3.63, 3.8) is 0 Å². The van der Waals surface area contributed by atoms with Crippen LogP contribution in [0.25, 0.3) is 0 Å². The first-order valence-corrected chi connectivity index (χ1v) is 13.4. The van der Waals surface area contributed by atoms with Crippen LogP contribution < -0.4 is 20.9 Å². The van der Waals surface area contributed by atoms with Gasteiger partial charge in [-0.05, 0) is 49.6 Å². The van der Waals surface area contributed by atoms with Crippen molar-refractivity contribution in [2.45, 2.75) is 44.2 Å². The molecule has 206 valence electrons. The molecule has 3 aromatic rings. The van der Waals surface area contributed by atoms with Crippen LogP contribution in [0.4, 0.5) is 17.2 Å². The fourth-order valence-corrected chi connectivity index (χ4v) is 5.22. The second kappa shape index (κ2) is 12.1. The molecule has 0 bridgehead atoms. The van der Waals surface area contributed by atoms with Gasteiger partial charge in [-0.15, -0.1) is 0 Å². The summed E-state index contributed by atoms with van der Waals surface area (Å²) < 4.78 is 5.81. The molecule has 5 rings (SSSR count). The average molecular weight is 541 g/mol. The van der Waals surface area contributed by atoms with Crippen LogP contribution in [-0.4, -0.2) is 65.7 Å².